The lowest BCUT2D eigenvalue weighted by Crippen LogP contribution is -2.35. The number of nitrogens with zero attached hydrogens (tertiary/aromatic N) is 1. The largest absolute Gasteiger partial charge is 0.392 e. The zero-order chi connectivity index (χ0) is 10.5. The van der Waals surface area contributed by atoms with Crippen molar-refractivity contribution in [2.24, 2.45) is 5.73 Å². The summed E-state index contributed by atoms with van der Waals surface area (Å²) in [5, 5.41) is 0. The van der Waals surface area contributed by atoms with E-state index in [-0.39, 0.29) is 18.1 Å². The molecule has 0 amide bonds. The number of rotatable bonds is 5. The summed E-state index contributed by atoms with van der Waals surface area (Å²) in [6, 6.07) is 0. The summed E-state index contributed by atoms with van der Waals surface area (Å²) in [5.74, 6) is 0. The van der Waals surface area contributed by atoms with Crippen molar-refractivity contribution >= 4 is 17.2 Å². The van der Waals surface area contributed by atoms with Gasteiger partial charge in [-0.2, -0.15) is 13.2 Å². The Morgan fingerprint density at radius 3 is 2.31 bits per heavy atom. The summed E-state index contributed by atoms with van der Waals surface area (Å²) in [4.78, 5) is 1.79. The van der Waals surface area contributed by atoms with E-state index in [0.29, 0.717) is 6.54 Å². The summed E-state index contributed by atoms with van der Waals surface area (Å²) in [5.41, 5.74) is 5.22. The number of halogens is 3. The van der Waals surface area contributed by atoms with Crippen LogP contribution >= 0.6 is 12.2 Å². The molecule has 0 unspecified atom stereocenters. The highest BCUT2D eigenvalue weighted by Gasteiger charge is 2.27. The zero-order valence-electron chi connectivity index (χ0n) is 7.40. The molecule has 0 aromatic carbocycles. The van der Waals surface area contributed by atoms with Crippen molar-refractivity contribution in [1.29, 1.82) is 0 Å². The molecule has 0 fully saturated rings. The van der Waals surface area contributed by atoms with Gasteiger partial charge in [-0.3, -0.25) is 4.90 Å². The van der Waals surface area contributed by atoms with Crippen molar-refractivity contribution < 1.29 is 13.2 Å². The summed E-state index contributed by atoms with van der Waals surface area (Å²) in [6.07, 6.45) is -4.92. The number of alkyl halides is 3. The van der Waals surface area contributed by atoms with Crippen LogP contribution in [-0.2, 0) is 0 Å². The molecule has 0 spiro atoms. The van der Waals surface area contributed by atoms with Crippen LogP contribution in [0.25, 0.3) is 0 Å². The van der Waals surface area contributed by atoms with Gasteiger partial charge < -0.3 is 5.73 Å². The molecule has 0 aliphatic heterocycles. The van der Waals surface area contributed by atoms with E-state index in [1.54, 1.807) is 11.8 Å². The highest BCUT2D eigenvalue weighted by atomic mass is 32.1. The van der Waals surface area contributed by atoms with E-state index in [1.165, 1.54) is 0 Å². The van der Waals surface area contributed by atoms with Gasteiger partial charge >= 0.3 is 6.18 Å². The Balaban J connectivity index is 3.79. The van der Waals surface area contributed by atoms with Crippen LogP contribution in [0.2, 0.25) is 0 Å². The molecule has 78 valence electrons. The van der Waals surface area contributed by atoms with Gasteiger partial charge in [0.05, 0.1) is 11.4 Å². The topological polar surface area (TPSA) is 29.3 Å². The Labute approximate surface area is 80.9 Å². The number of hydrogen-bond acceptors (Lipinski definition) is 2. The maximum Gasteiger partial charge on any atom is 0.390 e. The normalized spacial score (nSPS) is 12.1. The molecule has 0 aliphatic carbocycles. The van der Waals surface area contributed by atoms with E-state index >= 15 is 0 Å². The molecule has 0 rings (SSSR count). The molecule has 0 aliphatic rings. The summed E-state index contributed by atoms with van der Waals surface area (Å²) < 4.78 is 35.4. The zero-order valence-corrected chi connectivity index (χ0v) is 8.21. The van der Waals surface area contributed by atoms with Crippen LogP contribution in [0.1, 0.15) is 13.3 Å². The van der Waals surface area contributed by atoms with Gasteiger partial charge in [0.1, 0.15) is 0 Å². The molecule has 0 aromatic rings. The summed E-state index contributed by atoms with van der Waals surface area (Å²) >= 11 is 4.60. The van der Waals surface area contributed by atoms with E-state index in [1.807, 2.05) is 0 Å². The predicted molar refractivity (Wildman–Crippen MR) is 49.6 cm³/mol. The maximum absolute atomic E-state index is 11.8. The minimum absolute atomic E-state index is 0.0443. The first-order valence-electron chi connectivity index (χ1n) is 3.92. The van der Waals surface area contributed by atoms with Crippen molar-refractivity contribution in [3.63, 3.8) is 0 Å². The molecule has 0 saturated heterocycles. The van der Waals surface area contributed by atoms with Gasteiger partial charge in [0.2, 0.25) is 0 Å². The van der Waals surface area contributed by atoms with E-state index < -0.39 is 12.6 Å². The molecule has 0 heterocycles. The van der Waals surface area contributed by atoms with E-state index in [2.05, 4.69) is 12.2 Å². The smallest absolute Gasteiger partial charge is 0.390 e. The summed E-state index contributed by atoms with van der Waals surface area (Å²) in [7, 11) is 0. The molecule has 2 nitrogen and oxygen atoms in total. The molecule has 2 N–H and O–H groups in total. The van der Waals surface area contributed by atoms with Crippen molar-refractivity contribution in [2.75, 3.05) is 19.6 Å². The Bertz CT molecular complexity index is 170. The maximum atomic E-state index is 11.8. The third kappa shape index (κ3) is 7.98. The fourth-order valence-corrected chi connectivity index (χ4v) is 1.04. The van der Waals surface area contributed by atoms with Crippen LogP contribution in [0.3, 0.4) is 0 Å². The number of thiocarbonyl (C=S) groups is 1. The highest BCUT2D eigenvalue weighted by molar-refractivity contribution is 7.80. The third-order valence-electron chi connectivity index (χ3n) is 1.54. The van der Waals surface area contributed by atoms with Gasteiger partial charge in [0.25, 0.3) is 0 Å². The Kier molecular flexibility index (Phi) is 5.24. The average molecular weight is 214 g/mol. The molecular formula is C7H13F3N2S. The monoisotopic (exact) mass is 214 g/mol. The molecule has 6 heteroatoms. The third-order valence-corrected chi connectivity index (χ3v) is 1.67. The van der Waals surface area contributed by atoms with Gasteiger partial charge in [-0.15, -0.1) is 0 Å². The van der Waals surface area contributed by atoms with Crippen LogP contribution in [0.15, 0.2) is 0 Å². The lowest BCUT2D eigenvalue weighted by atomic mass is 10.3. The number of nitrogens with two attached hydrogens (primary N) is 1. The second kappa shape index (κ2) is 5.39. The minimum Gasteiger partial charge on any atom is -0.392 e. The van der Waals surface area contributed by atoms with Gasteiger partial charge in [-0.1, -0.05) is 19.1 Å². The average Bonchev–Trinajstić information content (AvgIpc) is 1.95. The fraction of sp³-hybridized carbons (Fsp3) is 0.857. The van der Waals surface area contributed by atoms with Gasteiger partial charge in [0.15, 0.2) is 0 Å². The SMILES string of the molecule is CCN(CCC(F)(F)F)CC(N)=S. The van der Waals surface area contributed by atoms with Crippen LogP contribution in [0.4, 0.5) is 13.2 Å². The predicted octanol–water partition coefficient (Wildman–Crippen LogP) is 1.55. The van der Waals surface area contributed by atoms with E-state index in [0.717, 1.165) is 0 Å². The first-order valence-corrected chi connectivity index (χ1v) is 4.33. The van der Waals surface area contributed by atoms with Crippen molar-refractivity contribution in [3.8, 4) is 0 Å². The quantitative estimate of drug-likeness (QED) is 0.704. The molecule has 0 aromatic heterocycles. The lowest BCUT2D eigenvalue weighted by molar-refractivity contribution is -0.137. The molecule has 0 radical (unpaired) electrons. The molecule has 0 bridgehead atoms. The minimum atomic E-state index is -4.11. The van der Waals surface area contributed by atoms with Crippen molar-refractivity contribution in [3.05, 3.63) is 0 Å². The summed E-state index contributed by atoms with van der Waals surface area (Å²) in [6.45, 7) is 2.50. The van der Waals surface area contributed by atoms with Crippen LogP contribution in [-0.4, -0.2) is 35.7 Å². The number of likely N-dealkylation sites (N-methyl/N-ethyl adjacent to an activating group) is 1. The Hall–Kier alpha value is -0.360. The molecular weight excluding hydrogens is 201 g/mol. The first-order chi connectivity index (χ1) is 5.85. The highest BCUT2D eigenvalue weighted by Crippen LogP contribution is 2.19. The molecule has 13 heavy (non-hydrogen) atoms. The van der Waals surface area contributed by atoms with Gasteiger partial charge in [0, 0.05) is 13.1 Å². The first kappa shape index (κ1) is 12.6. The molecule has 0 saturated carbocycles. The molecule has 0 atom stereocenters. The van der Waals surface area contributed by atoms with Gasteiger partial charge in [-0.25, -0.2) is 0 Å². The lowest BCUT2D eigenvalue weighted by Gasteiger charge is -2.19. The van der Waals surface area contributed by atoms with Crippen LogP contribution in [0, 0.1) is 0 Å². The van der Waals surface area contributed by atoms with E-state index in [9.17, 15) is 13.2 Å². The second-order valence-electron chi connectivity index (χ2n) is 2.70. The van der Waals surface area contributed by atoms with Crippen LogP contribution in [0.5, 0.6) is 0 Å². The standard InChI is InChI=1S/C7H13F3N2S/c1-2-12(5-6(11)13)4-3-7(8,9)10/h2-5H2,1H3,(H2,11,13). The van der Waals surface area contributed by atoms with E-state index in [4.69, 9.17) is 5.73 Å². The van der Waals surface area contributed by atoms with Crippen molar-refractivity contribution in [1.82, 2.24) is 4.90 Å². The van der Waals surface area contributed by atoms with Gasteiger partial charge in [-0.05, 0) is 6.54 Å². The Morgan fingerprint density at radius 1 is 1.46 bits per heavy atom. The fourth-order valence-electron chi connectivity index (χ4n) is 0.854. The van der Waals surface area contributed by atoms with Crippen LogP contribution < -0.4 is 5.73 Å². The second-order valence-corrected chi connectivity index (χ2v) is 3.22. The number of hydrogen-bond donors (Lipinski definition) is 1. The Morgan fingerprint density at radius 2 is 2.00 bits per heavy atom. The van der Waals surface area contributed by atoms with Crippen molar-refractivity contribution in [2.45, 2.75) is 19.5 Å².